The minimum atomic E-state index is -0.716. The van der Waals surface area contributed by atoms with Crippen LogP contribution in [0.4, 0.5) is 14.6 Å². The van der Waals surface area contributed by atoms with Gasteiger partial charge in [-0.25, -0.2) is 8.78 Å². The van der Waals surface area contributed by atoms with Gasteiger partial charge in [-0.3, -0.25) is 19.6 Å². The summed E-state index contributed by atoms with van der Waals surface area (Å²) in [5.41, 5.74) is 1.22. The van der Waals surface area contributed by atoms with Crippen molar-refractivity contribution in [2.24, 2.45) is 7.05 Å². The summed E-state index contributed by atoms with van der Waals surface area (Å²) in [6.45, 7) is 0.340. The molecule has 0 unspecified atom stereocenters. The van der Waals surface area contributed by atoms with Crippen molar-refractivity contribution in [1.29, 1.82) is 0 Å². The standard InChI is InChI=1S/C19H17F2N7O/c1-22-6-10-3-13(20)17(14(21)4-10)15-5-12-16(8-23-15)26-27-18(12)25-19(29)11-7-24-28(2)9-11/h3-5,7-9,22H,6H2,1-2H3,(H2,25,26,27,29). The van der Waals surface area contributed by atoms with E-state index in [0.29, 0.717) is 28.6 Å². The SMILES string of the molecule is CNCc1cc(F)c(-c2cc3c(NC(=O)c4cnn(C)c4)n[nH]c3cn2)c(F)c1. The molecule has 4 aromatic rings. The molecule has 0 aliphatic heterocycles. The number of rotatable bonds is 5. The van der Waals surface area contributed by atoms with E-state index in [-0.39, 0.29) is 17.1 Å². The summed E-state index contributed by atoms with van der Waals surface area (Å²) in [5.74, 6) is -1.61. The van der Waals surface area contributed by atoms with Crippen LogP contribution in [-0.2, 0) is 13.6 Å². The molecule has 3 N–H and O–H groups in total. The lowest BCUT2D eigenvalue weighted by atomic mass is 10.1. The highest BCUT2D eigenvalue weighted by Gasteiger charge is 2.18. The molecule has 0 saturated heterocycles. The number of benzene rings is 1. The molecule has 1 aromatic carbocycles. The third-order valence-electron chi connectivity index (χ3n) is 4.39. The van der Waals surface area contributed by atoms with Crippen LogP contribution in [0, 0.1) is 11.6 Å². The maximum atomic E-state index is 14.6. The van der Waals surface area contributed by atoms with Crippen molar-refractivity contribution in [3.63, 3.8) is 0 Å². The van der Waals surface area contributed by atoms with Crippen molar-refractivity contribution in [1.82, 2.24) is 30.3 Å². The van der Waals surface area contributed by atoms with E-state index in [4.69, 9.17) is 0 Å². The minimum absolute atomic E-state index is 0.0989. The third-order valence-corrected chi connectivity index (χ3v) is 4.39. The van der Waals surface area contributed by atoms with E-state index in [9.17, 15) is 13.6 Å². The number of nitrogens with one attached hydrogen (secondary N) is 3. The second-order valence-corrected chi connectivity index (χ2v) is 6.51. The number of hydrogen-bond acceptors (Lipinski definition) is 5. The lowest BCUT2D eigenvalue weighted by Crippen LogP contribution is -2.11. The van der Waals surface area contributed by atoms with E-state index < -0.39 is 17.5 Å². The highest BCUT2D eigenvalue weighted by Crippen LogP contribution is 2.30. The fourth-order valence-electron chi connectivity index (χ4n) is 3.04. The van der Waals surface area contributed by atoms with Crippen LogP contribution in [-0.4, -0.2) is 37.9 Å². The molecule has 10 heteroatoms. The van der Waals surface area contributed by atoms with Crippen molar-refractivity contribution in [2.75, 3.05) is 12.4 Å². The molecule has 0 aliphatic rings. The van der Waals surface area contributed by atoms with Crippen LogP contribution >= 0.6 is 0 Å². The number of H-pyrrole nitrogens is 1. The first-order chi connectivity index (χ1) is 14.0. The van der Waals surface area contributed by atoms with Gasteiger partial charge in [-0.15, -0.1) is 0 Å². The summed E-state index contributed by atoms with van der Waals surface area (Å²) in [6.07, 6.45) is 4.40. The van der Waals surface area contributed by atoms with Crippen LogP contribution in [0.1, 0.15) is 15.9 Å². The van der Waals surface area contributed by atoms with Crippen molar-refractivity contribution < 1.29 is 13.6 Å². The number of carbonyl (C=O) groups is 1. The van der Waals surface area contributed by atoms with Crippen molar-refractivity contribution >= 4 is 22.6 Å². The zero-order valence-corrected chi connectivity index (χ0v) is 15.6. The summed E-state index contributed by atoms with van der Waals surface area (Å²) < 4.78 is 30.6. The van der Waals surface area contributed by atoms with Gasteiger partial charge in [0.2, 0.25) is 0 Å². The zero-order chi connectivity index (χ0) is 20.5. The number of aryl methyl sites for hydroxylation is 1. The van der Waals surface area contributed by atoms with Gasteiger partial charge >= 0.3 is 0 Å². The monoisotopic (exact) mass is 397 g/mol. The number of fused-ring (bicyclic) bond motifs is 1. The Morgan fingerprint density at radius 1 is 1.21 bits per heavy atom. The quantitative estimate of drug-likeness (QED) is 0.481. The van der Waals surface area contributed by atoms with E-state index in [1.165, 1.54) is 35.3 Å². The molecule has 3 heterocycles. The van der Waals surface area contributed by atoms with Gasteiger partial charge in [-0.1, -0.05) is 0 Å². The second-order valence-electron chi connectivity index (χ2n) is 6.51. The summed E-state index contributed by atoms with van der Waals surface area (Å²) in [7, 11) is 3.39. The lowest BCUT2D eigenvalue weighted by molar-refractivity contribution is 0.102. The van der Waals surface area contributed by atoms with E-state index >= 15 is 0 Å². The Kier molecular flexibility index (Phi) is 4.77. The van der Waals surface area contributed by atoms with Crippen LogP contribution in [0.2, 0.25) is 0 Å². The molecule has 3 aromatic heterocycles. The van der Waals surface area contributed by atoms with E-state index in [1.807, 2.05) is 0 Å². The van der Waals surface area contributed by atoms with Crippen LogP contribution in [0.15, 0.2) is 36.8 Å². The number of carbonyl (C=O) groups excluding carboxylic acids is 1. The number of aromatic nitrogens is 5. The molecule has 4 rings (SSSR count). The first-order valence-corrected chi connectivity index (χ1v) is 8.73. The zero-order valence-electron chi connectivity index (χ0n) is 15.6. The van der Waals surface area contributed by atoms with Gasteiger partial charge in [0.25, 0.3) is 5.91 Å². The summed E-state index contributed by atoms with van der Waals surface area (Å²) in [4.78, 5) is 16.5. The molecule has 0 atom stereocenters. The summed E-state index contributed by atoms with van der Waals surface area (Å²) in [6, 6.07) is 4.01. The molecule has 0 aliphatic carbocycles. The van der Waals surface area contributed by atoms with Gasteiger partial charge in [0.1, 0.15) is 11.6 Å². The molecule has 0 fully saturated rings. The average Bonchev–Trinajstić information content (AvgIpc) is 3.28. The molecule has 1 amide bonds. The minimum Gasteiger partial charge on any atom is -0.316 e. The number of aromatic amines is 1. The Hall–Kier alpha value is -3.66. The normalized spacial score (nSPS) is 11.2. The number of nitrogens with zero attached hydrogens (tertiary/aromatic N) is 4. The molecule has 29 heavy (non-hydrogen) atoms. The smallest absolute Gasteiger partial charge is 0.260 e. The van der Waals surface area contributed by atoms with Gasteiger partial charge in [0.15, 0.2) is 5.82 Å². The summed E-state index contributed by atoms with van der Waals surface area (Å²) in [5, 5.41) is 16.8. The highest BCUT2D eigenvalue weighted by molar-refractivity contribution is 6.07. The molecular formula is C19H17F2N7O. The maximum absolute atomic E-state index is 14.6. The topological polar surface area (TPSA) is 101 Å². The predicted molar refractivity (Wildman–Crippen MR) is 103 cm³/mol. The molecule has 0 spiro atoms. The fraction of sp³-hybridized carbons (Fsp3) is 0.158. The maximum Gasteiger partial charge on any atom is 0.260 e. The Balaban J connectivity index is 1.71. The van der Waals surface area contributed by atoms with Crippen LogP contribution in [0.3, 0.4) is 0 Å². The summed E-state index contributed by atoms with van der Waals surface area (Å²) >= 11 is 0. The predicted octanol–water partition coefficient (Wildman–Crippen LogP) is 2.61. The number of pyridine rings is 1. The van der Waals surface area contributed by atoms with Crippen molar-refractivity contribution in [2.45, 2.75) is 6.54 Å². The number of halogens is 2. The van der Waals surface area contributed by atoms with Crippen LogP contribution < -0.4 is 10.6 Å². The Morgan fingerprint density at radius 2 is 1.97 bits per heavy atom. The average molecular weight is 397 g/mol. The van der Waals surface area contributed by atoms with Crippen LogP contribution in [0.5, 0.6) is 0 Å². The van der Waals surface area contributed by atoms with Gasteiger partial charge < -0.3 is 10.6 Å². The number of anilines is 1. The first kappa shape index (κ1) is 18.7. The highest BCUT2D eigenvalue weighted by atomic mass is 19.1. The Bertz CT molecular complexity index is 1190. The molecular weight excluding hydrogens is 380 g/mol. The molecule has 0 saturated carbocycles. The number of amides is 1. The van der Waals surface area contributed by atoms with Gasteiger partial charge in [-0.05, 0) is 30.8 Å². The third kappa shape index (κ3) is 3.57. The van der Waals surface area contributed by atoms with Gasteiger partial charge in [0.05, 0.1) is 34.7 Å². The fourth-order valence-corrected chi connectivity index (χ4v) is 3.04. The molecule has 0 radical (unpaired) electrons. The second kappa shape index (κ2) is 7.40. The van der Waals surface area contributed by atoms with Gasteiger partial charge in [-0.2, -0.15) is 10.2 Å². The molecule has 148 valence electrons. The van der Waals surface area contributed by atoms with Crippen LogP contribution in [0.25, 0.3) is 22.2 Å². The van der Waals surface area contributed by atoms with E-state index in [0.717, 1.165) is 0 Å². The van der Waals surface area contributed by atoms with E-state index in [2.05, 4.69) is 30.9 Å². The molecule has 0 bridgehead atoms. The van der Waals surface area contributed by atoms with Crippen molar-refractivity contribution in [3.05, 3.63) is 59.6 Å². The van der Waals surface area contributed by atoms with E-state index in [1.54, 1.807) is 20.3 Å². The van der Waals surface area contributed by atoms with Crippen molar-refractivity contribution in [3.8, 4) is 11.3 Å². The largest absolute Gasteiger partial charge is 0.316 e. The molecule has 8 nitrogen and oxygen atoms in total. The first-order valence-electron chi connectivity index (χ1n) is 8.73. The Labute approximate surface area is 164 Å². The lowest BCUT2D eigenvalue weighted by Gasteiger charge is -2.08. The Morgan fingerprint density at radius 3 is 2.62 bits per heavy atom. The van der Waals surface area contributed by atoms with Gasteiger partial charge in [0, 0.05) is 25.2 Å². The number of hydrogen-bond donors (Lipinski definition) is 3.